The van der Waals surface area contributed by atoms with Crippen LogP contribution in [0.15, 0.2) is 18.2 Å². The second kappa shape index (κ2) is 7.07. The molecule has 0 aromatic heterocycles. The number of ether oxygens (including phenoxy) is 2. The molecule has 0 unspecified atom stereocenters. The van der Waals surface area contributed by atoms with Crippen molar-refractivity contribution in [2.24, 2.45) is 0 Å². The van der Waals surface area contributed by atoms with Crippen LogP contribution >= 0.6 is 23.2 Å². The molecule has 1 aromatic rings. The van der Waals surface area contributed by atoms with Crippen LogP contribution in [-0.4, -0.2) is 46.4 Å². The van der Waals surface area contributed by atoms with Gasteiger partial charge in [0, 0.05) is 6.42 Å². The van der Waals surface area contributed by atoms with Gasteiger partial charge < -0.3 is 14.6 Å². The SMILES string of the molecule is CC(C)(C)OC(=O)N1C[C@@H](Oc2cccc(Cl)c2Cl)C[C@H]1C(=O)O. The molecule has 0 bridgehead atoms. The highest BCUT2D eigenvalue weighted by Crippen LogP contribution is 2.34. The van der Waals surface area contributed by atoms with Crippen molar-refractivity contribution in [3.63, 3.8) is 0 Å². The van der Waals surface area contributed by atoms with E-state index in [9.17, 15) is 14.7 Å². The number of carbonyl (C=O) groups excluding carboxylic acids is 1. The molecule has 0 aliphatic carbocycles. The monoisotopic (exact) mass is 375 g/mol. The van der Waals surface area contributed by atoms with E-state index in [1.165, 1.54) is 0 Å². The Morgan fingerprint density at radius 2 is 1.96 bits per heavy atom. The number of rotatable bonds is 3. The molecule has 132 valence electrons. The number of carbonyl (C=O) groups is 2. The predicted octanol–water partition coefficient (Wildman–Crippen LogP) is 3.83. The van der Waals surface area contributed by atoms with Crippen LogP contribution in [0, 0.1) is 0 Å². The van der Waals surface area contributed by atoms with E-state index in [0.717, 1.165) is 4.90 Å². The van der Waals surface area contributed by atoms with Gasteiger partial charge in [0.1, 0.15) is 28.5 Å². The van der Waals surface area contributed by atoms with Crippen LogP contribution in [0.3, 0.4) is 0 Å². The molecule has 0 spiro atoms. The number of aliphatic carboxylic acids is 1. The maximum absolute atomic E-state index is 12.2. The first-order valence-electron chi connectivity index (χ1n) is 7.41. The topological polar surface area (TPSA) is 76.1 Å². The number of halogens is 2. The first kappa shape index (κ1) is 18.7. The number of benzene rings is 1. The minimum absolute atomic E-state index is 0.0920. The number of hydrogen-bond donors (Lipinski definition) is 1. The minimum atomic E-state index is -1.11. The van der Waals surface area contributed by atoms with Gasteiger partial charge in [0.25, 0.3) is 0 Å². The van der Waals surface area contributed by atoms with Crippen molar-refractivity contribution < 1.29 is 24.2 Å². The lowest BCUT2D eigenvalue weighted by molar-refractivity contribution is -0.142. The zero-order chi connectivity index (χ0) is 18.1. The van der Waals surface area contributed by atoms with E-state index in [2.05, 4.69) is 0 Å². The molecular weight excluding hydrogens is 357 g/mol. The zero-order valence-electron chi connectivity index (χ0n) is 13.6. The molecule has 1 aliphatic heterocycles. The van der Waals surface area contributed by atoms with Crippen LogP contribution in [0.5, 0.6) is 5.75 Å². The molecule has 1 aliphatic rings. The highest BCUT2D eigenvalue weighted by atomic mass is 35.5. The molecule has 1 saturated heterocycles. The van der Waals surface area contributed by atoms with Gasteiger partial charge in [-0.15, -0.1) is 0 Å². The smallest absolute Gasteiger partial charge is 0.411 e. The normalized spacial score (nSPS) is 20.8. The van der Waals surface area contributed by atoms with Crippen molar-refractivity contribution in [1.29, 1.82) is 0 Å². The van der Waals surface area contributed by atoms with E-state index < -0.39 is 29.8 Å². The van der Waals surface area contributed by atoms with Crippen LogP contribution in [0.25, 0.3) is 0 Å². The second-order valence-electron chi connectivity index (χ2n) is 6.51. The number of nitrogens with zero attached hydrogens (tertiary/aromatic N) is 1. The Morgan fingerprint density at radius 3 is 2.54 bits per heavy atom. The van der Waals surface area contributed by atoms with Gasteiger partial charge in [-0.2, -0.15) is 0 Å². The molecule has 0 radical (unpaired) electrons. The van der Waals surface area contributed by atoms with Gasteiger partial charge >= 0.3 is 12.1 Å². The Labute approximate surface area is 150 Å². The van der Waals surface area contributed by atoms with E-state index in [1.807, 2.05) is 0 Å². The van der Waals surface area contributed by atoms with Gasteiger partial charge in [-0.05, 0) is 32.9 Å². The standard InChI is InChI=1S/C16H19Cl2NO5/c1-16(2,3)24-15(22)19-8-9(7-11(19)14(20)21)23-12-6-4-5-10(17)13(12)18/h4-6,9,11H,7-8H2,1-3H3,(H,20,21)/t9-,11-/m0/s1. The van der Waals surface area contributed by atoms with Crippen LogP contribution < -0.4 is 4.74 Å². The molecule has 2 atom stereocenters. The van der Waals surface area contributed by atoms with Crippen molar-refractivity contribution in [2.45, 2.75) is 44.9 Å². The van der Waals surface area contributed by atoms with Gasteiger partial charge in [0.05, 0.1) is 11.6 Å². The van der Waals surface area contributed by atoms with Crippen molar-refractivity contribution in [2.75, 3.05) is 6.54 Å². The summed E-state index contributed by atoms with van der Waals surface area (Å²) in [5.74, 6) is -0.756. The molecule has 24 heavy (non-hydrogen) atoms. The van der Waals surface area contributed by atoms with Crippen LogP contribution in [0.1, 0.15) is 27.2 Å². The lowest BCUT2D eigenvalue weighted by atomic mass is 10.2. The third kappa shape index (κ3) is 4.45. The maximum Gasteiger partial charge on any atom is 0.411 e. The fourth-order valence-corrected chi connectivity index (χ4v) is 2.73. The predicted molar refractivity (Wildman–Crippen MR) is 89.9 cm³/mol. The average molecular weight is 376 g/mol. The summed E-state index contributed by atoms with van der Waals surface area (Å²) in [6, 6.07) is 3.93. The summed E-state index contributed by atoms with van der Waals surface area (Å²) < 4.78 is 11.0. The molecule has 8 heteroatoms. The maximum atomic E-state index is 12.2. The van der Waals surface area contributed by atoms with Crippen molar-refractivity contribution in [1.82, 2.24) is 4.90 Å². The summed E-state index contributed by atoms with van der Waals surface area (Å²) in [6.45, 7) is 5.25. The molecule has 1 fully saturated rings. The fourth-order valence-electron chi connectivity index (χ4n) is 2.39. The number of carboxylic acids is 1. The van der Waals surface area contributed by atoms with Crippen LogP contribution in [-0.2, 0) is 9.53 Å². The van der Waals surface area contributed by atoms with E-state index in [-0.39, 0.29) is 18.0 Å². The Kier molecular flexibility index (Phi) is 5.50. The Balaban J connectivity index is 2.13. The van der Waals surface area contributed by atoms with Gasteiger partial charge in [-0.25, -0.2) is 9.59 Å². The lowest BCUT2D eigenvalue weighted by Gasteiger charge is -2.26. The molecule has 1 amide bonds. The number of likely N-dealkylation sites (tertiary alicyclic amines) is 1. The van der Waals surface area contributed by atoms with Gasteiger partial charge in [0.2, 0.25) is 0 Å². The number of hydrogen-bond acceptors (Lipinski definition) is 4. The molecule has 6 nitrogen and oxygen atoms in total. The summed E-state index contributed by atoms with van der Waals surface area (Å²) in [4.78, 5) is 24.8. The molecule has 1 N–H and O–H groups in total. The van der Waals surface area contributed by atoms with E-state index in [0.29, 0.717) is 10.8 Å². The third-order valence-electron chi connectivity index (χ3n) is 3.39. The summed E-state index contributed by atoms with van der Waals surface area (Å²) in [6.07, 6.45) is -1.06. The second-order valence-corrected chi connectivity index (χ2v) is 7.30. The van der Waals surface area contributed by atoms with Crippen molar-refractivity contribution >= 4 is 35.3 Å². The average Bonchev–Trinajstić information content (AvgIpc) is 2.86. The largest absolute Gasteiger partial charge is 0.487 e. The number of amides is 1. The highest BCUT2D eigenvalue weighted by molar-refractivity contribution is 6.42. The molecule has 2 rings (SSSR count). The van der Waals surface area contributed by atoms with Crippen molar-refractivity contribution in [3.05, 3.63) is 28.2 Å². The Morgan fingerprint density at radius 1 is 1.29 bits per heavy atom. The molecular formula is C16H19Cl2NO5. The van der Waals surface area contributed by atoms with Gasteiger partial charge in [-0.3, -0.25) is 4.90 Å². The Bertz CT molecular complexity index is 644. The fraction of sp³-hybridized carbons (Fsp3) is 0.500. The van der Waals surface area contributed by atoms with E-state index in [1.54, 1.807) is 39.0 Å². The summed E-state index contributed by atoms with van der Waals surface area (Å²) in [5.41, 5.74) is -0.713. The molecule has 0 saturated carbocycles. The number of carboxylic acid groups (broad SMARTS) is 1. The third-order valence-corrected chi connectivity index (χ3v) is 4.19. The quantitative estimate of drug-likeness (QED) is 0.868. The van der Waals surface area contributed by atoms with E-state index in [4.69, 9.17) is 32.7 Å². The summed E-state index contributed by atoms with van der Waals surface area (Å²) in [5, 5.41) is 9.95. The highest BCUT2D eigenvalue weighted by Gasteiger charge is 2.42. The first-order chi connectivity index (χ1) is 11.1. The summed E-state index contributed by atoms with van der Waals surface area (Å²) >= 11 is 12.0. The minimum Gasteiger partial charge on any atom is -0.487 e. The lowest BCUT2D eigenvalue weighted by Crippen LogP contribution is -2.43. The zero-order valence-corrected chi connectivity index (χ0v) is 15.1. The van der Waals surface area contributed by atoms with Gasteiger partial charge in [-0.1, -0.05) is 29.3 Å². The van der Waals surface area contributed by atoms with Gasteiger partial charge in [0.15, 0.2) is 0 Å². The first-order valence-corrected chi connectivity index (χ1v) is 8.17. The summed E-state index contributed by atoms with van der Waals surface area (Å²) in [7, 11) is 0. The molecule has 1 heterocycles. The molecule has 1 aromatic carbocycles. The van der Waals surface area contributed by atoms with E-state index >= 15 is 0 Å². The van der Waals surface area contributed by atoms with Crippen molar-refractivity contribution in [3.8, 4) is 5.75 Å². The van der Waals surface area contributed by atoms with Crippen LogP contribution in [0.4, 0.5) is 4.79 Å². The van der Waals surface area contributed by atoms with Crippen LogP contribution in [0.2, 0.25) is 10.0 Å². The Hall–Kier alpha value is -1.66.